The molecule has 10 heteroatoms. The second kappa shape index (κ2) is 9.59. The van der Waals surface area contributed by atoms with Crippen LogP contribution < -0.4 is 15.5 Å². The van der Waals surface area contributed by atoms with Gasteiger partial charge in [-0.15, -0.1) is 0 Å². The first-order chi connectivity index (χ1) is 17.4. The zero-order chi connectivity index (χ0) is 25.2. The Morgan fingerprint density at radius 1 is 1.03 bits per heavy atom. The maximum atomic E-state index is 11.4. The van der Waals surface area contributed by atoms with Gasteiger partial charge >= 0.3 is 0 Å². The van der Waals surface area contributed by atoms with Gasteiger partial charge in [-0.25, -0.2) is 0 Å². The minimum absolute atomic E-state index is 0.0309. The highest BCUT2D eigenvalue weighted by Crippen LogP contribution is 2.42. The normalized spacial score (nSPS) is 17.0. The maximum absolute atomic E-state index is 11.4. The first-order valence-electron chi connectivity index (χ1n) is 11.2. The van der Waals surface area contributed by atoms with Crippen LogP contribution in [0.3, 0.4) is 0 Å². The van der Waals surface area contributed by atoms with Crippen molar-refractivity contribution in [3.8, 4) is 5.69 Å². The predicted octanol–water partition coefficient (Wildman–Crippen LogP) is 4.92. The molecule has 1 amide bonds. The quantitative estimate of drug-likeness (QED) is 0.221. The number of carbonyl (C=O) groups excluding carboxylic acids is 1. The number of amides is 1. The number of non-ortho nitro benzene ring substituents is 1. The summed E-state index contributed by atoms with van der Waals surface area (Å²) in [4.78, 5) is 28.8. The van der Waals surface area contributed by atoms with E-state index in [9.17, 15) is 14.9 Å². The highest BCUT2D eigenvalue weighted by molar-refractivity contribution is 7.80. The SMILES string of the molecule is CC(=O)Nc1ccc(N2C(=S)N[C@H](c3ccccn3)[C@H]2c2cccn2-c2ccc([N+](=O)[O-])cc2)cc1. The van der Waals surface area contributed by atoms with Crippen molar-refractivity contribution in [3.63, 3.8) is 0 Å². The number of anilines is 2. The van der Waals surface area contributed by atoms with Crippen LogP contribution >= 0.6 is 12.2 Å². The number of nitro benzene ring substituents is 1. The number of thiocarbonyl (C=S) groups is 1. The summed E-state index contributed by atoms with van der Waals surface area (Å²) < 4.78 is 2.00. The maximum Gasteiger partial charge on any atom is 0.269 e. The number of aromatic nitrogens is 2. The van der Waals surface area contributed by atoms with Crippen LogP contribution in [-0.2, 0) is 4.79 Å². The molecule has 1 saturated heterocycles. The van der Waals surface area contributed by atoms with E-state index in [1.54, 1.807) is 18.3 Å². The Bertz CT molecular complexity index is 1420. The summed E-state index contributed by atoms with van der Waals surface area (Å²) in [5.74, 6) is -0.143. The zero-order valence-electron chi connectivity index (χ0n) is 19.2. The number of nitrogens with zero attached hydrogens (tertiary/aromatic N) is 4. The lowest BCUT2D eigenvalue weighted by molar-refractivity contribution is -0.384. The van der Waals surface area contributed by atoms with Crippen LogP contribution in [0.5, 0.6) is 0 Å². The smallest absolute Gasteiger partial charge is 0.269 e. The number of rotatable bonds is 6. The highest BCUT2D eigenvalue weighted by atomic mass is 32.1. The van der Waals surface area contributed by atoms with Crippen LogP contribution in [-0.4, -0.2) is 25.5 Å². The summed E-state index contributed by atoms with van der Waals surface area (Å²) in [5, 5.41) is 17.9. The fourth-order valence-electron chi connectivity index (χ4n) is 4.45. The second-order valence-electron chi connectivity index (χ2n) is 8.30. The number of benzene rings is 2. The molecule has 2 aromatic heterocycles. The average Bonchev–Trinajstić information content (AvgIpc) is 3.49. The van der Waals surface area contributed by atoms with E-state index >= 15 is 0 Å². The summed E-state index contributed by atoms with van der Waals surface area (Å²) in [7, 11) is 0. The Kier molecular flexibility index (Phi) is 6.17. The molecule has 9 nitrogen and oxygen atoms in total. The van der Waals surface area contributed by atoms with Gasteiger partial charge in [-0.05, 0) is 72.9 Å². The summed E-state index contributed by atoms with van der Waals surface area (Å²) in [6, 6.07) is 23.1. The Labute approximate surface area is 212 Å². The molecule has 3 heterocycles. The fourth-order valence-corrected chi connectivity index (χ4v) is 4.79. The van der Waals surface area contributed by atoms with Crippen LogP contribution in [0.1, 0.15) is 30.4 Å². The molecule has 1 fully saturated rings. The molecule has 2 N–H and O–H groups in total. The Hall–Kier alpha value is -4.57. The number of hydrogen-bond acceptors (Lipinski definition) is 5. The van der Waals surface area contributed by atoms with Gasteiger partial charge in [0.05, 0.1) is 16.7 Å². The molecule has 2 aromatic carbocycles. The number of carbonyl (C=O) groups is 1. The summed E-state index contributed by atoms with van der Waals surface area (Å²) in [5.41, 5.74) is 4.12. The van der Waals surface area contributed by atoms with Gasteiger partial charge in [0.2, 0.25) is 5.91 Å². The van der Waals surface area contributed by atoms with Crippen molar-refractivity contribution >= 4 is 40.3 Å². The van der Waals surface area contributed by atoms with Gasteiger partial charge in [-0.1, -0.05) is 6.07 Å². The molecule has 0 saturated carbocycles. The lowest BCUT2D eigenvalue weighted by Gasteiger charge is -2.29. The van der Waals surface area contributed by atoms with Crippen molar-refractivity contribution in [2.45, 2.75) is 19.0 Å². The topological polar surface area (TPSA) is 105 Å². The number of pyridine rings is 1. The van der Waals surface area contributed by atoms with Crippen LogP contribution in [0.4, 0.5) is 17.1 Å². The molecule has 5 rings (SSSR count). The van der Waals surface area contributed by atoms with E-state index in [1.807, 2.05) is 70.3 Å². The van der Waals surface area contributed by atoms with E-state index in [0.717, 1.165) is 22.8 Å². The first kappa shape index (κ1) is 23.2. The lowest BCUT2D eigenvalue weighted by Crippen LogP contribution is -2.30. The van der Waals surface area contributed by atoms with Crippen molar-refractivity contribution < 1.29 is 9.72 Å². The standard InChI is InChI=1S/C26H22N6O3S/c1-17(33)28-18-7-9-20(10-8-18)31-25(24(29-26(31)36)22-5-2-3-15-27-22)23-6-4-16-30(23)19-11-13-21(14-12-19)32(34)35/h2-16,24-25H,1H3,(H,28,33)(H,29,36)/t24-,25-/m1/s1. The van der Waals surface area contributed by atoms with E-state index in [4.69, 9.17) is 12.2 Å². The molecule has 36 heavy (non-hydrogen) atoms. The number of hydrogen-bond donors (Lipinski definition) is 2. The fraction of sp³-hybridized carbons (Fsp3) is 0.115. The molecule has 0 spiro atoms. The van der Waals surface area contributed by atoms with Gasteiger partial charge in [-0.2, -0.15) is 0 Å². The summed E-state index contributed by atoms with van der Waals surface area (Å²) >= 11 is 5.79. The highest BCUT2D eigenvalue weighted by Gasteiger charge is 2.42. The first-order valence-corrected chi connectivity index (χ1v) is 11.6. The summed E-state index contributed by atoms with van der Waals surface area (Å²) in [6.45, 7) is 1.47. The van der Waals surface area contributed by atoms with Gasteiger partial charge in [0, 0.05) is 54.2 Å². The Balaban J connectivity index is 1.59. The molecule has 4 aromatic rings. The lowest BCUT2D eigenvalue weighted by atomic mass is 10.0. The molecule has 2 atom stereocenters. The van der Waals surface area contributed by atoms with E-state index in [2.05, 4.69) is 15.6 Å². The van der Waals surface area contributed by atoms with Crippen molar-refractivity contribution in [3.05, 3.63) is 113 Å². The van der Waals surface area contributed by atoms with Gasteiger partial charge in [-0.3, -0.25) is 19.9 Å². The van der Waals surface area contributed by atoms with Crippen LogP contribution in [0, 0.1) is 10.1 Å². The van der Waals surface area contributed by atoms with Gasteiger partial charge in [0.15, 0.2) is 5.11 Å². The minimum Gasteiger partial charge on any atom is -0.351 e. The van der Waals surface area contributed by atoms with Crippen LogP contribution in [0.25, 0.3) is 5.69 Å². The Morgan fingerprint density at radius 3 is 2.39 bits per heavy atom. The monoisotopic (exact) mass is 498 g/mol. The molecule has 1 aliphatic rings. The van der Waals surface area contributed by atoms with E-state index in [0.29, 0.717) is 10.8 Å². The molecular weight excluding hydrogens is 476 g/mol. The molecular formula is C26H22N6O3S. The van der Waals surface area contributed by atoms with Gasteiger partial charge in [0.25, 0.3) is 5.69 Å². The molecule has 0 unspecified atom stereocenters. The third-order valence-corrected chi connectivity index (χ3v) is 6.30. The van der Waals surface area contributed by atoms with Crippen molar-refractivity contribution in [2.24, 2.45) is 0 Å². The number of nitrogens with one attached hydrogen (secondary N) is 2. The van der Waals surface area contributed by atoms with Crippen molar-refractivity contribution in [1.82, 2.24) is 14.9 Å². The minimum atomic E-state index is -0.414. The predicted molar refractivity (Wildman–Crippen MR) is 141 cm³/mol. The second-order valence-corrected chi connectivity index (χ2v) is 8.69. The molecule has 180 valence electrons. The third-order valence-electron chi connectivity index (χ3n) is 5.99. The van der Waals surface area contributed by atoms with Gasteiger partial charge in [0.1, 0.15) is 6.04 Å². The average molecular weight is 499 g/mol. The largest absolute Gasteiger partial charge is 0.351 e. The zero-order valence-corrected chi connectivity index (χ0v) is 20.1. The third kappa shape index (κ3) is 4.41. The van der Waals surface area contributed by atoms with E-state index in [-0.39, 0.29) is 23.7 Å². The van der Waals surface area contributed by atoms with E-state index < -0.39 is 4.92 Å². The molecule has 0 bridgehead atoms. The van der Waals surface area contributed by atoms with Crippen molar-refractivity contribution in [1.29, 1.82) is 0 Å². The van der Waals surface area contributed by atoms with Crippen LogP contribution in [0.15, 0.2) is 91.3 Å². The molecule has 0 radical (unpaired) electrons. The molecule has 1 aliphatic heterocycles. The van der Waals surface area contributed by atoms with Crippen LogP contribution in [0.2, 0.25) is 0 Å². The Morgan fingerprint density at radius 2 is 1.75 bits per heavy atom. The van der Waals surface area contributed by atoms with Crippen molar-refractivity contribution in [2.75, 3.05) is 10.2 Å². The van der Waals surface area contributed by atoms with Gasteiger partial charge < -0.3 is 20.1 Å². The number of nitro groups is 1. The molecule has 0 aliphatic carbocycles. The van der Waals surface area contributed by atoms with E-state index in [1.165, 1.54) is 19.1 Å². The summed E-state index contributed by atoms with van der Waals surface area (Å²) in [6.07, 6.45) is 3.67.